The highest BCUT2D eigenvalue weighted by molar-refractivity contribution is 6.31. The monoisotopic (exact) mass is 342 g/mol. The highest BCUT2D eigenvalue weighted by atomic mass is 35.5. The number of carbonyl (C=O) groups excluding carboxylic acids is 1. The number of halogens is 1. The van der Waals surface area contributed by atoms with E-state index in [2.05, 4.69) is 11.6 Å². The second-order valence-electron chi connectivity index (χ2n) is 5.82. The third-order valence-electron chi connectivity index (χ3n) is 4.10. The first kappa shape index (κ1) is 16.7. The third kappa shape index (κ3) is 3.50. The van der Waals surface area contributed by atoms with Crippen LogP contribution in [0.1, 0.15) is 17.2 Å². The fourth-order valence-corrected chi connectivity index (χ4v) is 3.15. The molecule has 0 unspecified atom stereocenters. The maximum atomic E-state index is 12.1. The average Bonchev–Trinajstić information content (AvgIpc) is 2.60. The average molecular weight is 343 g/mol. The number of morpholine rings is 1. The van der Waals surface area contributed by atoms with Gasteiger partial charge in [-0.1, -0.05) is 18.2 Å². The van der Waals surface area contributed by atoms with Crippen LogP contribution >= 0.6 is 11.6 Å². The Balaban J connectivity index is 2.01. The number of aromatic nitrogens is 1. The lowest BCUT2D eigenvalue weighted by Gasteiger charge is -2.35. The van der Waals surface area contributed by atoms with Gasteiger partial charge in [0.25, 0.3) is 0 Å². The Morgan fingerprint density at radius 2 is 2.25 bits per heavy atom. The van der Waals surface area contributed by atoms with Crippen molar-refractivity contribution in [3.63, 3.8) is 0 Å². The minimum atomic E-state index is -0.175. The van der Waals surface area contributed by atoms with Gasteiger partial charge in [0.05, 0.1) is 24.9 Å². The number of rotatable bonds is 3. The van der Waals surface area contributed by atoms with E-state index in [-0.39, 0.29) is 11.9 Å². The number of hydrogen-bond donors (Lipinski definition) is 0. The van der Waals surface area contributed by atoms with Gasteiger partial charge in [-0.15, -0.1) is 0 Å². The zero-order valence-electron chi connectivity index (χ0n) is 13.5. The molecule has 1 fully saturated rings. The van der Waals surface area contributed by atoms with Gasteiger partial charge < -0.3 is 9.64 Å². The van der Waals surface area contributed by atoms with Crippen LogP contribution in [0.5, 0.6) is 0 Å². The molecular weight excluding hydrogens is 324 g/mol. The molecule has 5 heteroatoms. The molecule has 0 saturated carbocycles. The topological polar surface area (TPSA) is 42.4 Å². The summed E-state index contributed by atoms with van der Waals surface area (Å²) in [4.78, 5) is 18.3. The molecule has 1 atom stereocenters. The molecule has 3 rings (SSSR count). The van der Waals surface area contributed by atoms with Gasteiger partial charge in [0, 0.05) is 23.3 Å². The lowest BCUT2D eigenvalue weighted by molar-refractivity contribution is -0.134. The predicted molar refractivity (Wildman–Crippen MR) is 94.9 cm³/mol. The van der Waals surface area contributed by atoms with Crippen molar-refractivity contribution in [1.29, 1.82) is 0 Å². The van der Waals surface area contributed by atoms with E-state index in [4.69, 9.17) is 16.3 Å². The zero-order chi connectivity index (χ0) is 17.1. The van der Waals surface area contributed by atoms with Gasteiger partial charge in [0.15, 0.2) is 0 Å². The van der Waals surface area contributed by atoms with Gasteiger partial charge in [-0.3, -0.25) is 9.78 Å². The highest BCUT2D eigenvalue weighted by Gasteiger charge is 2.27. The molecule has 0 bridgehead atoms. The van der Waals surface area contributed by atoms with Crippen LogP contribution in [0.15, 0.2) is 49.2 Å². The molecule has 1 saturated heterocycles. The zero-order valence-corrected chi connectivity index (χ0v) is 14.3. The van der Waals surface area contributed by atoms with Gasteiger partial charge in [0.2, 0.25) is 5.91 Å². The Hall–Kier alpha value is -2.17. The quantitative estimate of drug-likeness (QED) is 0.797. The standard InChI is InChI=1S/C19H19ClN2O2/c1-3-19(23)22-6-7-24-12-18(22)15-9-14(10-16(20)11-15)17-8-13(2)4-5-21-17/h3-5,8-11,18H,1,6-7,12H2,2H3/t18-/m0/s1. The lowest BCUT2D eigenvalue weighted by Crippen LogP contribution is -2.42. The summed E-state index contributed by atoms with van der Waals surface area (Å²) in [5.74, 6) is -0.0986. The summed E-state index contributed by atoms with van der Waals surface area (Å²) < 4.78 is 5.58. The summed E-state index contributed by atoms with van der Waals surface area (Å²) >= 11 is 6.33. The van der Waals surface area contributed by atoms with Gasteiger partial charge in [0.1, 0.15) is 0 Å². The maximum absolute atomic E-state index is 12.1. The van der Waals surface area contributed by atoms with E-state index >= 15 is 0 Å². The molecule has 1 aliphatic rings. The van der Waals surface area contributed by atoms with Gasteiger partial charge in [-0.05, 0) is 54.5 Å². The summed E-state index contributed by atoms with van der Waals surface area (Å²) in [6.07, 6.45) is 3.12. The van der Waals surface area contributed by atoms with Crippen LogP contribution in [-0.2, 0) is 9.53 Å². The van der Waals surface area contributed by atoms with Crippen molar-refractivity contribution >= 4 is 17.5 Å². The Kier molecular flexibility index (Phi) is 4.97. The number of amides is 1. The first-order valence-corrected chi connectivity index (χ1v) is 8.20. The smallest absolute Gasteiger partial charge is 0.246 e. The minimum Gasteiger partial charge on any atom is -0.377 e. The Labute approximate surface area is 146 Å². The summed E-state index contributed by atoms with van der Waals surface area (Å²) in [7, 11) is 0. The number of aryl methyl sites for hydroxylation is 1. The van der Waals surface area contributed by atoms with Crippen molar-refractivity contribution in [2.75, 3.05) is 19.8 Å². The number of ether oxygens (including phenoxy) is 1. The molecular formula is C19H19ClN2O2. The van der Waals surface area contributed by atoms with Crippen molar-refractivity contribution < 1.29 is 9.53 Å². The van der Waals surface area contributed by atoms with E-state index in [0.717, 1.165) is 22.4 Å². The molecule has 1 aliphatic heterocycles. The van der Waals surface area contributed by atoms with E-state index in [1.165, 1.54) is 6.08 Å². The Morgan fingerprint density at radius 1 is 1.42 bits per heavy atom. The van der Waals surface area contributed by atoms with Crippen LogP contribution in [0, 0.1) is 6.92 Å². The molecule has 2 heterocycles. The molecule has 24 heavy (non-hydrogen) atoms. The first-order chi connectivity index (χ1) is 11.6. The summed E-state index contributed by atoms with van der Waals surface area (Å²) in [6, 6.07) is 9.58. The minimum absolute atomic E-state index is 0.0986. The van der Waals surface area contributed by atoms with Gasteiger partial charge >= 0.3 is 0 Å². The van der Waals surface area contributed by atoms with Crippen LogP contribution in [0.3, 0.4) is 0 Å². The van der Waals surface area contributed by atoms with E-state index in [1.54, 1.807) is 11.1 Å². The van der Waals surface area contributed by atoms with Gasteiger partial charge in [-0.2, -0.15) is 0 Å². The largest absolute Gasteiger partial charge is 0.377 e. The normalized spacial score (nSPS) is 17.6. The van der Waals surface area contributed by atoms with Crippen LogP contribution < -0.4 is 0 Å². The van der Waals surface area contributed by atoms with E-state index in [0.29, 0.717) is 24.8 Å². The van der Waals surface area contributed by atoms with Crippen molar-refractivity contribution in [3.8, 4) is 11.3 Å². The predicted octanol–water partition coefficient (Wildman–Crippen LogP) is 3.80. The van der Waals surface area contributed by atoms with Crippen molar-refractivity contribution in [3.05, 3.63) is 65.3 Å². The number of hydrogen-bond acceptors (Lipinski definition) is 3. The van der Waals surface area contributed by atoms with E-state index in [1.807, 2.05) is 37.3 Å². The van der Waals surface area contributed by atoms with Gasteiger partial charge in [-0.25, -0.2) is 0 Å². The molecule has 1 amide bonds. The first-order valence-electron chi connectivity index (χ1n) is 7.83. The Morgan fingerprint density at radius 3 is 3.00 bits per heavy atom. The van der Waals surface area contributed by atoms with Crippen molar-refractivity contribution in [1.82, 2.24) is 9.88 Å². The molecule has 0 aliphatic carbocycles. The van der Waals surface area contributed by atoms with Crippen LogP contribution in [-0.4, -0.2) is 35.5 Å². The summed E-state index contributed by atoms with van der Waals surface area (Å²) in [5.41, 5.74) is 3.86. The molecule has 0 spiro atoms. The second-order valence-corrected chi connectivity index (χ2v) is 6.25. The lowest BCUT2D eigenvalue weighted by atomic mass is 10.00. The fraction of sp³-hybridized carbons (Fsp3) is 0.263. The number of carbonyl (C=O) groups is 1. The SMILES string of the molecule is C=CC(=O)N1CCOC[C@H]1c1cc(Cl)cc(-c2cc(C)ccn2)c1. The molecule has 124 valence electrons. The molecule has 0 N–H and O–H groups in total. The Bertz CT molecular complexity index is 776. The molecule has 4 nitrogen and oxygen atoms in total. The van der Waals surface area contributed by atoms with Crippen LogP contribution in [0.2, 0.25) is 5.02 Å². The molecule has 1 aromatic carbocycles. The highest BCUT2D eigenvalue weighted by Crippen LogP contribution is 2.31. The van der Waals surface area contributed by atoms with Crippen molar-refractivity contribution in [2.24, 2.45) is 0 Å². The molecule has 2 aromatic rings. The van der Waals surface area contributed by atoms with Crippen LogP contribution in [0.4, 0.5) is 0 Å². The van der Waals surface area contributed by atoms with Crippen LogP contribution in [0.25, 0.3) is 11.3 Å². The fourth-order valence-electron chi connectivity index (χ4n) is 2.91. The number of nitrogens with zero attached hydrogens (tertiary/aromatic N) is 2. The number of benzene rings is 1. The number of pyridine rings is 1. The molecule has 1 aromatic heterocycles. The summed E-state index contributed by atoms with van der Waals surface area (Å²) in [5, 5.41) is 0.613. The summed E-state index contributed by atoms with van der Waals surface area (Å²) in [6.45, 7) is 7.13. The maximum Gasteiger partial charge on any atom is 0.246 e. The van der Waals surface area contributed by atoms with E-state index in [9.17, 15) is 4.79 Å². The third-order valence-corrected chi connectivity index (χ3v) is 4.32. The second kappa shape index (κ2) is 7.16. The molecule has 0 radical (unpaired) electrons. The van der Waals surface area contributed by atoms with Crippen molar-refractivity contribution in [2.45, 2.75) is 13.0 Å². The van der Waals surface area contributed by atoms with E-state index < -0.39 is 0 Å².